The summed E-state index contributed by atoms with van der Waals surface area (Å²) in [6, 6.07) is 1.74. The van der Waals surface area contributed by atoms with Crippen LogP contribution >= 0.6 is 0 Å². The highest BCUT2D eigenvalue weighted by Gasteiger charge is 2.23. The highest BCUT2D eigenvalue weighted by atomic mass is 16.3. The van der Waals surface area contributed by atoms with E-state index in [9.17, 15) is 9.90 Å². The van der Waals surface area contributed by atoms with Gasteiger partial charge in [0, 0.05) is 39.3 Å². The van der Waals surface area contributed by atoms with E-state index in [0.29, 0.717) is 32.0 Å². The molecule has 0 unspecified atom stereocenters. The number of anilines is 2. The maximum Gasteiger partial charge on any atom is 0.221 e. The van der Waals surface area contributed by atoms with Crippen LogP contribution in [0.3, 0.4) is 0 Å². The van der Waals surface area contributed by atoms with Crippen molar-refractivity contribution in [3.63, 3.8) is 0 Å². The Morgan fingerprint density at radius 2 is 2.28 bits per heavy atom. The Kier molecular flexibility index (Phi) is 3.61. The average molecular weight is 251 g/mol. The standard InChI is InChI=1S/C11H17N5O2/c1-8(17)15-4-5-16(7-9(18)6-15)10-2-3-13-11(12)14-10/h2-3,9,18H,4-7H2,1H3,(H2,12,13,14)/t9-/m0/s1. The molecular formula is C11H17N5O2. The van der Waals surface area contributed by atoms with Gasteiger partial charge in [0.05, 0.1) is 6.10 Å². The second kappa shape index (κ2) is 5.18. The third kappa shape index (κ3) is 2.86. The zero-order valence-corrected chi connectivity index (χ0v) is 10.3. The quantitative estimate of drug-likeness (QED) is 0.671. The molecule has 1 aromatic heterocycles. The molecule has 1 aromatic rings. The van der Waals surface area contributed by atoms with Crippen molar-refractivity contribution in [3.05, 3.63) is 12.3 Å². The van der Waals surface area contributed by atoms with E-state index in [-0.39, 0.29) is 11.9 Å². The van der Waals surface area contributed by atoms with E-state index < -0.39 is 6.10 Å². The lowest BCUT2D eigenvalue weighted by Crippen LogP contribution is -2.36. The van der Waals surface area contributed by atoms with Crippen molar-refractivity contribution in [1.82, 2.24) is 14.9 Å². The molecule has 98 valence electrons. The number of amides is 1. The highest BCUT2D eigenvalue weighted by Crippen LogP contribution is 2.14. The number of aliphatic hydroxyl groups excluding tert-OH is 1. The number of nitrogen functional groups attached to an aromatic ring is 1. The average Bonchev–Trinajstić information content (AvgIpc) is 2.51. The molecule has 3 N–H and O–H groups in total. The Balaban J connectivity index is 2.13. The summed E-state index contributed by atoms with van der Waals surface area (Å²) >= 11 is 0. The summed E-state index contributed by atoms with van der Waals surface area (Å²) in [6.45, 7) is 3.47. The van der Waals surface area contributed by atoms with Gasteiger partial charge in [-0.1, -0.05) is 0 Å². The summed E-state index contributed by atoms with van der Waals surface area (Å²) in [7, 11) is 0. The van der Waals surface area contributed by atoms with Gasteiger partial charge < -0.3 is 20.6 Å². The predicted molar refractivity (Wildman–Crippen MR) is 66.9 cm³/mol. The monoisotopic (exact) mass is 251 g/mol. The molecular weight excluding hydrogens is 234 g/mol. The van der Waals surface area contributed by atoms with E-state index in [2.05, 4.69) is 9.97 Å². The van der Waals surface area contributed by atoms with Crippen LogP contribution in [0, 0.1) is 0 Å². The van der Waals surface area contributed by atoms with Gasteiger partial charge in [-0.25, -0.2) is 4.98 Å². The molecule has 18 heavy (non-hydrogen) atoms. The van der Waals surface area contributed by atoms with E-state index >= 15 is 0 Å². The van der Waals surface area contributed by atoms with Gasteiger partial charge in [0.15, 0.2) is 0 Å². The van der Waals surface area contributed by atoms with Gasteiger partial charge in [0.25, 0.3) is 0 Å². The number of rotatable bonds is 1. The Hall–Kier alpha value is -1.89. The number of nitrogens with zero attached hydrogens (tertiary/aromatic N) is 4. The summed E-state index contributed by atoms with van der Waals surface area (Å²) in [4.78, 5) is 22.8. The summed E-state index contributed by atoms with van der Waals surface area (Å²) < 4.78 is 0. The molecule has 1 atom stereocenters. The van der Waals surface area contributed by atoms with Crippen molar-refractivity contribution < 1.29 is 9.90 Å². The Morgan fingerprint density at radius 1 is 1.50 bits per heavy atom. The fourth-order valence-corrected chi connectivity index (χ4v) is 2.02. The molecule has 1 saturated heterocycles. The van der Waals surface area contributed by atoms with Gasteiger partial charge in [-0.15, -0.1) is 0 Å². The van der Waals surface area contributed by atoms with Crippen molar-refractivity contribution in [2.45, 2.75) is 13.0 Å². The smallest absolute Gasteiger partial charge is 0.221 e. The van der Waals surface area contributed by atoms with Crippen LogP contribution in [-0.4, -0.2) is 58.2 Å². The topological polar surface area (TPSA) is 95.6 Å². The van der Waals surface area contributed by atoms with Crippen LogP contribution in [-0.2, 0) is 4.79 Å². The fourth-order valence-electron chi connectivity index (χ4n) is 2.02. The first-order chi connectivity index (χ1) is 8.56. The van der Waals surface area contributed by atoms with E-state index in [1.54, 1.807) is 17.2 Å². The number of β-amino-alcohol motifs (C(OH)–C–C–N with tert-alkyl or cyclic N) is 1. The van der Waals surface area contributed by atoms with Crippen molar-refractivity contribution in [2.75, 3.05) is 36.8 Å². The van der Waals surface area contributed by atoms with E-state index in [1.165, 1.54) is 6.92 Å². The first kappa shape index (κ1) is 12.6. The van der Waals surface area contributed by atoms with Gasteiger partial charge in [-0.3, -0.25) is 4.79 Å². The van der Waals surface area contributed by atoms with Crippen molar-refractivity contribution >= 4 is 17.7 Å². The Labute approximate surface area is 105 Å². The molecule has 7 heteroatoms. The SMILES string of the molecule is CC(=O)N1CCN(c2ccnc(N)n2)C[C@@H](O)C1. The van der Waals surface area contributed by atoms with Gasteiger partial charge in [-0.05, 0) is 6.07 Å². The maximum atomic E-state index is 11.3. The summed E-state index contributed by atoms with van der Waals surface area (Å²) in [6.07, 6.45) is 0.991. The van der Waals surface area contributed by atoms with Crippen molar-refractivity contribution in [2.24, 2.45) is 0 Å². The van der Waals surface area contributed by atoms with Gasteiger partial charge in [-0.2, -0.15) is 4.98 Å². The molecule has 1 aliphatic heterocycles. The molecule has 1 amide bonds. The number of aliphatic hydroxyl groups is 1. The largest absolute Gasteiger partial charge is 0.389 e. The number of carbonyl (C=O) groups is 1. The van der Waals surface area contributed by atoms with Crippen LogP contribution < -0.4 is 10.6 Å². The molecule has 1 fully saturated rings. The maximum absolute atomic E-state index is 11.3. The molecule has 1 aliphatic rings. The first-order valence-corrected chi connectivity index (χ1v) is 5.83. The zero-order chi connectivity index (χ0) is 13.1. The van der Waals surface area contributed by atoms with Gasteiger partial charge >= 0.3 is 0 Å². The van der Waals surface area contributed by atoms with Crippen LogP contribution in [0.4, 0.5) is 11.8 Å². The molecule has 0 radical (unpaired) electrons. The fraction of sp³-hybridized carbons (Fsp3) is 0.545. The summed E-state index contributed by atoms with van der Waals surface area (Å²) in [5.74, 6) is 0.847. The molecule has 0 aliphatic carbocycles. The first-order valence-electron chi connectivity index (χ1n) is 5.83. The third-order valence-electron chi connectivity index (χ3n) is 2.93. The number of hydrogen-bond acceptors (Lipinski definition) is 6. The number of nitrogens with two attached hydrogens (primary N) is 1. The molecule has 2 rings (SSSR count). The predicted octanol–water partition coefficient (Wildman–Crippen LogP) is -0.912. The van der Waals surface area contributed by atoms with Crippen molar-refractivity contribution in [1.29, 1.82) is 0 Å². The lowest BCUT2D eigenvalue weighted by molar-refractivity contribution is -0.129. The Bertz CT molecular complexity index is 439. The van der Waals surface area contributed by atoms with E-state index in [1.807, 2.05) is 4.90 Å². The minimum atomic E-state index is -0.590. The lowest BCUT2D eigenvalue weighted by Gasteiger charge is -2.22. The molecule has 7 nitrogen and oxygen atoms in total. The third-order valence-corrected chi connectivity index (χ3v) is 2.93. The van der Waals surface area contributed by atoms with Crippen LogP contribution in [0.25, 0.3) is 0 Å². The molecule has 0 saturated carbocycles. The number of carbonyl (C=O) groups excluding carboxylic acids is 1. The molecule has 0 bridgehead atoms. The minimum absolute atomic E-state index is 0.0295. The summed E-state index contributed by atoms with van der Waals surface area (Å²) in [5.41, 5.74) is 5.54. The number of aromatic nitrogens is 2. The lowest BCUT2D eigenvalue weighted by atomic mass is 10.3. The van der Waals surface area contributed by atoms with Crippen LogP contribution in [0.1, 0.15) is 6.92 Å². The second-order valence-corrected chi connectivity index (χ2v) is 4.34. The van der Waals surface area contributed by atoms with Crippen LogP contribution in [0.5, 0.6) is 0 Å². The highest BCUT2D eigenvalue weighted by molar-refractivity contribution is 5.73. The zero-order valence-electron chi connectivity index (χ0n) is 10.3. The summed E-state index contributed by atoms with van der Waals surface area (Å²) in [5, 5.41) is 9.90. The number of hydrogen-bond donors (Lipinski definition) is 2. The molecule has 2 heterocycles. The van der Waals surface area contributed by atoms with Crippen molar-refractivity contribution in [3.8, 4) is 0 Å². The van der Waals surface area contributed by atoms with Crippen LogP contribution in [0.15, 0.2) is 12.3 Å². The van der Waals surface area contributed by atoms with Gasteiger partial charge in [0.1, 0.15) is 5.82 Å². The van der Waals surface area contributed by atoms with E-state index in [0.717, 1.165) is 0 Å². The second-order valence-electron chi connectivity index (χ2n) is 4.34. The van der Waals surface area contributed by atoms with Gasteiger partial charge in [0.2, 0.25) is 11.9 Å². The Morgan fingerprint density at radius 3 is 2.94 bits per heavy atom. The van der Waals surface area contributed by atoms with E-state index in [4.69, 9.17) is 5.73 Å². The molecule has 0 spiro atoms. The normalized spacial score (nSPS) is 20.7. The molecule has 0 aromatic carbocycles. The van der Waals surface area contributed by atoms with Crippen LogP contribution in [0.2, 0.25) is 0 Å². The minimum Gasteiger partial charge on any atom is -0.389 e.